The topological polar surface area (TPSA) is 105 Å². The third kappa shape index (κ3) is 4.75. The van der Waals surface area contributed by atoms with Gasteiger partial charge in [-0.2, -0.15) is 0 Å². The van der Waals surface area contributed by atoms with Crippen LogP contribution in [0.25, 0.3) is 0 Å². The van der Waals surface area contributed by atoms with Crippen LogP contribution in [0, 0.1) is 6.92 Å². The van der Waals surface area contributed by atoms with Gasteiger partial charge in [0.25, 0.3) is 11.8 Å². The maximum Gasteiger partial charge on any atom is 0.325 e. The second-order valence-electron chi connectivity index (χ2n) is 7.76. The number of imide groups is 1. The summed E-state index contributed by atoms with van der Waals surface area (Å²) in [5.41, 5.74) is 1.29. The van der Waals surface area contributed by atoms with E-state index in [0.717, 1.165) is 28.9 Å². The fourth-order valence-corrected chi connectivity index (χ4v) is 3.75. The lowest BCUT2D eigenvalue weighted by Gasteiger charge is -2.20. The summed E-state index contributed by atoms with van der Waals surface area (Å²) in [4.78, 5) is 50.0. The lowest BCUT2D eigenvalue weighted by Crippen LogP contribution is -2.44. The van der Waals surface area contributed by atoms with Crippen LogP contribution in [0.2, 0.25) is 0 Å². The van der Waals surface area contributed by atoms with E-state index in [4.69, 9.17) is 4.74 Å². The minimum Gasteiger partial charge on any atom is -0.452 e. The number of ether oxygens (including phenoxy) is 1. The minimum atomic E-state index is -0.961. The molecule has 0 aromatic heterocycles. The largest absolute Gasteiger partial charge is 0.452 e. The van der Waals surface area contributed by atoms with Gasteiger partial charge in [0.2, 0.25) is 0 Å². The van der Waals surface area contributed by atoms with E-state index >= 15 is 0 Å². The fourth-order valence-electron chi connectivity index (χ4n) is 3.75. The number of amides is 4. The summed E-state index contributed by atoms with van der Waals surface area (Å²) in [6.45, 7) is 3.76. The maximum atomic E-state index is 12.6. The van der Waals surface area contributed by atoms with Crippen LogP contribution in [0.5, 0.6) is 0 Å². The number of nitrogens with one attached hydrogen (secondary N) is 2. The van der Waals surface area contributed by atoms with Gasteiger partial charge in [0.15, 0.2) is 6.10 Å². The van der Waals surface area contributed by atoms with E-state index < -0.39 is 29.6 Å². The quantitative estimate of drug-likeness (QED) is 0.535. The summed E-state index contributed by atoms with van der Waals surface area (Å²) in [6.07, 6.45) is 1.96. The zero-order chi connectivity index (χ0) is 21.0. The first-order valence-corrected chi connectivity index (χ1v) is 9.97. The van der Waals surface area contributed by atoms with Crippen molar-refractivity contribution in [2.45, 2.75) is 64.1 Å². The normalized spacial score (nSPS) is 18.6. The monoisotopic (exact) mass is 401 g/mol. The predicted octanol–water partition coefficient (Wildman–Crippen LogP) is 1.80. The van der Waals surface area contributed by atoms with Crippen LogP contribution in [0.1, 0.15) is 50.2 Å². The molecule has 1 heterocycles. The lowest BCUT2D eigenvalue weighted by atomic mass is 9.98. The fraction of sp³-hybridized carbons (Fsp3) is 0.524. The number of hydrogen-bond donors (Lipinski definition) is 2. The second-order valence-corrected chi connectivity index (χ2v) is 7.76. The Morgan fingerprint density at radius 3 is 2.52 bits per heavy atom. The maximum absolute atomic E-state index is 12.6. The van der Waals surface area contributed by atoms with Gasteiger partial charge in [-0.05, 0) is 32.3 Å². The summed E-state index contributed by atoms with van der Waals surface area (Å²) >= 11 is 0. The van der Waals surface area contributed by atoms with Crippen molar-refractivity contribution in [3.05, 3.63) is 35.4 Å². The molecule has 3 rings (SSSR count). The van der Waals surface area contributed by atoms with E-state index in [9.17, 15) is 19.2 Å². The Hall–Kier alpha value is -2.90. The second kappa shape index (κ2) is 8.63. The number of carbonyl (C=O) groups excluding carboxylic acids is 4. The molecule has 1 saturated carbocycles. The van der Waals surface area contributed by atoms with Crippen LogP contribution in [0.3, 0.4) is 0 Å². The Morgan fingerprint density at radius 2 is 1.86 bits per heavy atom. The van der Waals surface area contributed by atoms with Gasteiger partial charge in [-0.1, -0.05) is 42.7 Å². The molecule has 1 aliphatic heterocycles. The minimum absolute atomic E-state index is 0.0526. The molecule has 0 unspecified atom stereocenters. The van der Waals surface area contributed by atoms with E-state index in [1.54, 1.807) is 0 Å². The molecule has 2 fully saturated rings. The molecule has 1 aromatic carbocycles. The molecule has 156 valence electrons. The summed E-state index contributed by atoms with van der Waals surface area (Å²) in [5.74, 6) is -1.30. The number of urea groups is 1. The summed E-state index contributed by atoms with van der Waals surface area (Å²) in [6, 6.07) is 7.28. The molecule has 2 aliphatic rings. The van der Waals surface area contributed by atoms with Crippen molar-refractivity contribution in [2.75, 3.05) is 6.54 Å². The van der Waals surface area contributed by atoms with E-state index in [-0.39, 0.29) is 18.9 Å². The van der Waals surface area contributed by atoms with Gasteiger partial charge >= 0.3 is 12.0 Å². The first-order valence-electron chi connectivity index (χ1n) is 9.97. The number of hydrogen-bond acceptors (Lipinski definition) is 5. The Bertz CT molecular complexity index is 799. The van der Waals surface area contributed by atoms with Gasteiger partial charge in [-0.15, -0.1) is 0 Å². The number of aryl methyl sites for hydroxylation is 1. The molecular formula is C21H27N3O5. The molecule has 4 amide bonds. The lowest BCUT2D eigenvalue weighted by molar-refractivity contribution is -0.155. The van der Waals surface area contributed by atoms with Crippen LogP contribution >= 0.6 is 0 Å². The zero-order valence-corrected chi connectivity index (χ0v) is 16.8. The predicted molar refractivity (Wildman–Crippen MR) is 105 cm³/mol. The van der Waals surface area contributed by atoms with Gasteiger partial charge < -0.3 is 15.4 Å². The molecule has 8 heteroatoms. The van der Waals surface area contributed by atoms with E-state index in [1.165, 1.54) is 6.92 Å². The highest BCUT2D eigenvalue weighted by Gasteiger charge is 2.52. The third-order valence-corrected chi connectivity index (χ3v) is 5.51. The first kappa shape index (κ1) is 20.8. The summed E-state index contributed by atoms with van der Waals surface area (Å²) in [5, 5.41) is 5.49. The van der Waals surface area contributed by atoms with Gasteiger partial charge in [0.05, 0.1) is 6.42 Å². The highest BCUT2D eigenvalue weighted by Crippen LogP contribution is 2.35. The number of esters is 1. The van der Waals surface area contributed by atoms with E-state index in [1.807, 2.05) is 31.2 Å². The van der Waals surface area contributed by atoms with Crippen molar-refractivity contribution < 1.29 is 23.9 Å². The van der Waals surface area contributed by atoms with E-state index in [2.05, 4.69) is 10.6 Å². The number of carbonyl (C=O) groups is 4. The Kier molecular flexibility index (Phi) is 6.20. The Morgan fingerprint density at radius 1 is 1.21 bits per heavy atom. The first-order chi connectivity index (χ1) is 13.8. The van der Waals surface area contributed by atoms with Crippen LogP contribution < -0.4 is 10.6 Å². The van der Waals surface area contributed by atoms with Gasteiger partial charge in [0.1, 0.15) is 5.54 Å². The van der Waals surface area contributed by atoms with Crippen molar-refractivity contribution in [3.63, 3.8) is 0 Å². The van der Waals surface area contributed by atoms with Crippen molar-refractivity contribution in [3.8, 4) is 0 Å². The number of benzene rings is 1. The average molecular weight is 401 g/mol. The SMILES string of the molecule is Cc1ccc(CNC(=O)[C@@H](C)OC(=O)CCN2C(=O)NC3(CCCC3)C2=O)cc1. The molecule has 29 heavy (non-hydrogen) atoms. The highest BCUT2D eigenvalue weighted by atomic mass is 16.5. The van der Waals surface area contributed by atoms with Gasteiger partial charge in [0, 0.05) is 13.1 Å². The molecule has 1 aromatic rings. The summed E-state index contributed by atoms with van der Waals surface area (Å²) < 4.78 is 5.15. The van der Waals surface area contributed by atoms with E-state index in [0.29, 0.717) is 19.4 Å². The smallest absolute Gasteiger partial charge is 0.325 e. The zero-order valence-electron chi connectivity index (χ0n) is 16.8. The molecule has 0 bridgehead atoms. The van der Waals surface area contributed by atoms with Gasteiger partial charge in [-0.3, -0.25) is 19.3 Å². The molecule has 8 nitrogen and oxygen atoms in total. The molecule has 1 saturated heterocycles. The third-order valence-electron chi connectivity index (χ3n) is 5.51. The number of nitrogens with zero attached hydrogens (tertiary/aromatic N) is 1. The summed E-state index contributed by atoms with van der Waals surface area (Å²) in [7, 11) is 0. The van der Waals surface area contributed by atoms with Crippen LogP contribution in [0.15, 0.2) is 24.3 Å². The van der Waals surface area contributed by atoms with Crippen molar-refractivity contribution in [1.29, 1.82) is 0 Å². The van der Waals surface area contributed by atoms with Gasteiger partial charge in [-0.25, -0.2) is 4.79 Å². The molecular weight excluding hydrogens is 374 g/mol. The van der Waals surface area contributed by atoms with Crippen molar-refractivity contribution >= 4 is 23.8 Å². The van der Waals surface area contributed by atoms with Crippen LogP contribution in [0.4, 0.5) is 4.79 Å². The molecule has 1 atom stereocenters. The molecule has 0 radical (unpaired) electrons. The molecule has 1 spiro atoms. The molecule has 1 aliphatic carbocycles. The van der Waals surface area contributed by atoms with Crippen LogP contribution in [-0.4, -0.2) is 46.9 Å². The van der Waals surface area contributed by atoms with Crippen molar-refractivity contribution in [1.82, 2.24) is 15.5 Å². The Labute approximate surface area is 170 Å². The van der Waals surface area contributed by atoms with Crippen LogP contribution in [-0.2, 0) is 25.7 Å². The Balaban J connectivity index is 1.42. The standard InChI is InChI=1S/C21H27N3O5/c1-14-5-7-16(8-6-14)13-22-18(26)15(2)29-17(25)9-12-24-19(27)21(23-20(24)28)10-3-4-11-21/h5-8,15H,3-4,9-13H2,1-2H3,(H,22,26)(H,23,28)/t15-/m1/s1. The highest BCUT2D eigenvalue weighted by molar-refractivity contribution is 6.07. The number of rotatable bonds is 7. The average Bonchev–Trinajstić information content (AvgIpc) is 3.25. The van der Waals surface area contributed by atoms with Crippen molar-refractivity contribution in [2.24, 2.45) is 0 Å². The molecule has 2 N–H and O–H groups in total.